The summed E-state index contributed by atoms with van der Waals surface area (Å²) in [5.41, 5.74) is 0. The molecule has 1 aromatic rings. The molecule has 2 heterocycles. The van der Waals surface area contributed by atoms with Crippen LogP contribution in [0.1, 0.15) is 38.5 Å². The quantitative estimate of drug-likeness (QED) is 0.848. The maximum Gasteiger partial charge on any atom is 0.242 e. The molecule has 1 atom stereocenters. The number of nitrogens with zero attached hydrogens (tertiary/aromatic N) is 2. The number of hydrogen-bond acceptors (Lipinski definition) is 5. The number of carbonyl (C=O) groups excluding carboxylic acids is 2. The number of hydrogen-bond donors (Lipinski definition) is 2. The van der Waals surface area contributed by atoms with Crippen LogP contribution in [-0.2, 0) is 9.59 Å². The lowest BCUT2D eigenvalue weighted by molar-refractivity contribution is -0.126. The fourth-order valence-corrected chi connectivity index (χ4v) is 2.95. The van der Waals surface area contributed by atoms with Crippen molar-refractivity contribution >= 4 is 11.8 Å². The van der Waals surface area contributed by atoms with Gasteiger partial charge in [0.15, 0.2) is 0 Å². The molecule has 1 saturated carbocycles. The lowest BCUT2D eigenvalue weighted by atomic mass is 9.92. The molecular weight excluding hydrogens is 284 g/mol. The third-order valence-corrected chi connectivity index (χ3v) is 4.16. The molecule has 1 unspecified atom stereocenters. The van der Waals surface area contributed by atoms with Gasteiger partial charge in [-0.15, -0.1) is 0 Å². The molecule has 3 rings (SSSR count). The van der Waals surface area contributed by atoms with Crippen LogP contribution in [0.25, 0.3) is 0 Å². The van der Waals surface area contributed by atoms with E-state index in [1.54, 1.807) is 18.6 Å². The van der Waals surface area contributed by atoms with Crippen LogP contribution in [0.3, 0.4) is 0 Å². The number of ether oxygens (including phenoxy) is 1. The van der Waals surface area contributed by atoms with Crippen molar-refractivity contribution in [3.63, 3.8) is 0 Å². The molecular formula is C15H20N4O3. The van der Waals surface area contributed by atoms with E-state index in [-0.39, 0.29) is 30.0 Å². The second-order valence-corrected chi connectivity index (χ2v) is 5.80. The highest BCUT2D eigenvalue weighted by Gasteiger charge is 2.30. The average Bonchev–Trinajstić information content (AvgIpc) is 2.97. The first kappa shape index (κ1) is 14.7. The maximum absolute atomic E-state index is 12.1. The minimum atomic E-state index is -0.360. The molecule has 0 bridgehead atoms. The Labute approximate surface area is 128 Å². The summed E-state index contributed by atoms with van der Waals surface area (Å²) >= 11 is 0. The Balaban J connectivity index is 1.42. The first-order valence-corrected chi connectivity index (χ1v) is 7.73. The average molecular weight is 304 g/mol. The van der Waals surface area contributed by atoms with Crippen LogP contribution < -0.4 is 15.4 Å². The van der Waals surface area contributed by atoms with Crippen molar-refractivity contribution in [1.82, 2.24) is 20.6 Å². The Morgan fingerprint density at radius 1 is 1.23 bits per heavy atom. The van der Waals surface area contributed by atoms with E-state index in [9.17, 15) is 9.59 Å². The maximum atomic E-state index is 12.1. The first-order chi connectivity index (χ1) is 10.7. The van der Waals surface area contributed by atoms with Crippen molar-refractivity contribution in [2.24, 2.45) is 0 Å². The number of rotatable bonds is 4. The normalized spacial score (nSPS) is 28.0. The van der Waals surface area contributed by atoms with Gasteiger partial charge in [-0.05, 0) is 32.1 Å². The molecule has 2 N–H and O–H groups in total. The summed E-state index contributed by atoms with van der Waals surface area (Å²) in [7, 11) is 0. The third-order valence-electron chi connectivity index (χ3n) is 4.16. The summed E-state index contributed by atoms with van der Waals surface area (Å²) in [6.07, 6.45) is 9.48. The fourth-order valence-electron chi connectivity index (χ4n) is 2.95. The standard InChI is InChI=1S/C15H20N4O3/c20-13-6-5-12(19-13)15(21)18-10-1-3-11(4-2-10)22-14-9-16-7-8-17-14/h7-12H,1-6H2,(H,18,21)(H,19,20). The minimum absolute atomic E-state index is 0.0405. The molecule has 7 heteroatoms. The summed E-state index contributed by atoms with van der Waals surface area (Å²) in [4.78, 5) is 31.3. The summed E-state index contributed by atoms with van der Waals surface area (Å²) in [6, 6.07) is -0.201. The number of nitrogens with one attached hydrogen (secondary N) is 2. The molecule has 1 aliphatic heterocycles. The van der Waals surface area contributed by atoms with E-state index in [1.807, 2.05) is 0 Å². The lowest BCUT2D eigenvalue weighted by Crippen LogP contribution is -2.47. The molecule has 118 valence electrons. The molecule has 0 aromatic carbocycles. The Bertz CT molecular complexity index is 529. The van der Waals surface area contributed by atoms with Crippen molar-refractivity contribution in [2.45, 2.75) is 56.7 Å². The SMILES string of the molecule is O=C1CCC(C(=O)NC2CCC(Oc3cnccn3)CC2)N1. The van der Waals surface area contributed by atoms with Crippen LogP contribution in [0.4, 0.5) is 0 Å². The Morgan fingerprint density at radius 3 is 2.68 bits per heavy atom. The van der Waals surface area contributed by atoms with Crippen molar-refractivity contribution in [1.29, 1.82) is 0 Å². The van der Waals surface area contributed by atoms with Crippen molar-refractivity contribution < 1.29 is 14.3 Å². The minimum Gasteiger partial charge on any atom is -0.473 e. The lowest BCUT2D eigenvalue weighted by Gasteiger charge is -2.29. The zero-order valence-corrected chi connectivity index (χ0v) is 12.3. The van der Waals surface area contributed by atoms with Gasteiger partial charge in [0.05, 0.1) is 6.20 Å². The summed E-state index contributed by atoms with van der Waals surface area (Å²) in [6.45, 7) is 0. The highest BCUT2D eigenvalue weighted by atomic mass is 16.5. The fraction of sp³-hybridized carbons (Fsp3) is 0.600. The van der Waals surface area contributed by atoms with E-state index in [0.29, 0.717) is 18.7 Å². The van der Waals surface area contributed by atoms with Gasteiger partial charge in [-0.2, -0.15) is 0 Å². The number of amides is 2. The predicted octanol–water partition coefficient (Wildman–Crippen LogP) is 0.561. The third kappa shape index (κ3) is 3.72. The molecule has 7 nitrogen and oxygen atoms in total. The van der Waals surface area contributed by atoms with Gasteiger partial charge in [-0.3, -0.25) is 14.6 Å². The van der Waals surface area contributed by atoms with Gasteiger partial charge in [0.1, 0.15) is 12.1 Å². The van der Waals surface area contributed by atoms with E-state index in [0.717, 1.165) is 25.7 Å². The number of aromatic nitrogens is 2. The second-order valence-electron chi connectivity index (χ2n) is 5.80. The summed E-state index contributed by atoms with van der Waals surface area (Å²) in [5.74, 6) is 0.439. The molecule has 2 fully saturated rings. The molecule has 2 aliphatic rings. The smallest absolute Gasteiger partial charge is 0.242 e. The van der Waals surface area contributed by atoms with Crippen molar-refractivity contribution in [3.8, 4) is 5.88 Å². The molecule has 0 radical (unpaired) electrons. The van der Waals surface area contributed by atoms with Crippen molar-refractivity contribution in [3.05, 3.63) is 18.6 Å². The predicted molar refractivity (Wildman–Crippen MR) is 78.0 cm³/mol. The molecule has 1 saturated heterocycles. The van der Waals surface area contributed by atoms with Crippen LogP contribution in [0.2, 0.25) is 0 Å². The highest BCUT2D eigenvalue weighted by molar-refractivity contribution is 5.90. The first-order valence-electron chi connectivity index (χ1n) is 7.73. The Hall–Kier alpha value is -2.18. The van der Waals surface area contributed by atoms with Crippen LogP contribution in [0, 0.1) is 0 Å². The molecule has 0 spiro atoms. The van der Waals surface area contributed by atoms with Crippen LogP contribution in [0.15, 0.2) is 18.6 Å². The van der Waals surface area contributed by atoms with Gasteiger partial charge in [0.2, 0.25) is 17.7 Å². The second kappa shape index (κ2) is 6.72. The Kier molecular flexibility index (Phi) is 4.50. The molecule has 2 amide bonds. The van der Waals surface area contributed by atoms with Gasteiger partial charge >= 0.3 is 0 Å². The van der Waals surface area contributed by atoms with Crippen LogP contribution in [-0.4, -0.2) is 40.0 Å². The monoisotopic (exact) mass is 304 g/mol. The van der Waals surface area contributed by atoms with Gasteiger partial charge < -0.3 is 15.4 Å². The van der Waals surface area contributed by atoms with Crippen molar-refractivity contribution in [2.75, 3.05) is 0 Å². The van der Waals surface area contributed by atoms with E-state index in [2.05, 4.69) is 20.6 Å². The highest BCUT2D eigenvalue weighted by Crippen LogP contribution is 2.22. The van der Waals surface area contributed by atoms with Crippen LogP contribution in [0.5, 0.6) is 5.88 Å². The largest absolute Gasteiger partial charge is 0.473 e. The van der Waals surface area contributed by atoms with E-state index >= 15 is 0 Å². The van der Waals surface area contributed by atoms with E-state index < -0.39 is 0 Å². The van der Waals surface area contributed by atoms with Gasteiger partial charge in [0.25, 0.3) is 0 Å². The van der Waals surface area contributed by atoms with Gasteiger partial charge in [-0.1, -0.05) is 0 Å². The molecule has 1 aromatic heterocycles. The molecule has 1 aliphatic carbocycles. The zero-order valence-electron chi connectivity index (χ0n) is 12.3. The van der Waals surface area contributed by atoms with Gasteiger partial charge in [-0.25, -0.2) is 4.98 Å². The Morgan fingerprint density at radius 2 is 2.05 bits per heavy atom. The topological polar surface area (TPSA) is 93.2 Å². The van der Waals surface area contributed by atoms with E-state index in [1.165, 1.54) is 0 Å². The van der Waals surface area contributed by atoms with E-state index in [4.69, 9.17) is 4.74 Å². The number of carbonyl (C=O) groups is 2. The summed E-state index contributed by atoms with van der Waals surface area (Å²) in [5, 5.41) is 5.72. The molecule has 22 heavy (non-hydrogen) atoms. The zero-order chi connectivity index (χ0) is 15.4. The van der Waals surface area contributed by atoms with Gasteiger partial charge in [0, 0.05) is 24.9 Å². The van der Waals surface area contributed by atoms with Crippen LogP contribution >= 0.6 is 0 Å². The summed E-state index contributed by atoms with van der Waals surface area (Å²) < 4.78 is 5.78.